The Balaban J connectivity index is 1.76. The Morgan fingerprint density at radius 2 is 1.59 bits per heavy atom. The number of nitrogens with zero attached hydrogens (tertiary/aromatic N) is 3. The largest absolute Gasteiger partial charge is 0.323 e. The lowest BCUT2D eigenvalue weighted by Gasteiger charge is -2.22. The van der Waals surface area contributed by atoms with Crippen molar-refractivity contribution in [3.63, 3.8) is 0 Å². The second-order valence-corrected chi connectivity index (χ2v) is 8.35. The molecule has 172 valence electrons. The molecule has 0 saturated carbocycles. The number of anilines is 2. The van der Waals surface area contributed by atoms with Crippen molar-refractivity contribution in [2.45, 2.75) is 20.0 Å². The van der Waals surface area contributed by atoms with Crippen molar-refractivity contribution < 1.29 is 9.59 Å². The van der Waals surface area contributed by atoms with Gasteiger partial charge < -0.3 is 5.32 Å². The third kappa shape index (κ3) is 4.95. The van der Waals surface area contributed by atoms with E-state index in [1.807, 2.05) is 0 Å². The van der Waals surface area contributed by atoms with Gasteiger partial charge in [-0.1, -0.05) is 65.7 Å². The highest BCUT2D eigenvalue weighted by Gasteiger charge is 2.22. The molecule has 0 aliphatic rings. The van der Waals surface area contributed by atoms with Crippen LogP contribution in [0.25, 0.3) is 11.0 Å². The summed E-state index contributed by atoms with van der Waals surface area (Å²) in [5, 5.41) is 3.57. The van der Waals surface area contributed by atoms with Crippen molar-refractivity contribution in [3.05, 3.63) is 98.8 Å². The monoisotopic (exact) mass is 494 g/mol. The van der Waals surface area contributed by atoms with Crippen LogP contribution in [-0.2, 0) is 22.7 Å². The predicted molar refractivity (Wildman–Crippen MR) is 134 cm³/mol. The summed E-state index contributed by atoms with van der Waals surface area (Å²) < 4.78 is 1.30. The Morgan fingerprint density at radius 1 is 0.941 bits per heavy atom. The van der Waals surface area contributed by atoms with Gasteiger partial charge in [0, 0.05) is 11.9 Å². The fourth-order valence-electron chi connectivity index (χ4n) is 3.54. The highest BCUT2D eigenvalue weighted by Crippen LogP contribution is 2.22. The number of halogens is 2. The van der Waals surface area contributed by atoms with E-state index >= 15 is 0 Å². The van der Waals surface area contributed by atoms with Crippen LogP contribution in [0.3, 0.4) is 0 Å². The minimum Gasteiger partial charge on any atom is -0.323 e. The van der Waals surface area contributed by atoms with E-state index in [0.29, 0.717) is 32.3 Å². The first-order chi connectivity index (χ1) is 16.3. The second kappa shape index (κ2) is 10.1. The number of para-hydroxylation sites is 3. The second-order valence-electron chi connectivity index (χ2n) is 7.54. The van der Waals surface area contributed by atoms with Gasteiger partial charge in [-0.2, -0.15) is 0 Å². The molecule has 34 heavy (non-hydrogen) atoms. The molecule has 0 aliphatic carbocycles. The maximum atomic E-state index is 13.5. The molecular weight excluding hydrogens is 475 g/mol. The fraction of sp³-hybridized carbons (Fsp3) is 0.120. The van der Waals surface area contributed by atoms with E-state index in [4.69, 9.17) is 23.2 Å². The zero-order chi connectivity index (χ0) is 24.2. The van der Waals surface area contributed by atoms with Gasteiger partial charge in [0.1, 0.15) is 6.54 Å². The maximum Gasteiger partial charge on any atom is 0.294 e. The molecule has 0 radical (unpaired) electrons. The van der Waals surface area contributed by atoms with Gasteiger partial charge in [0.2, 0.25) is 17.6 Å². The number of amides is 2. The highest BCUT2D eigenvalue weighted by molar-refractivity contribution is 6.33. The predicted octanol–water partition coefficient (Wildman–Crippen LogP) is 4.90. The Hall–Kier alpha value is -3.68. The molecule has 0 unspecified atom stereocenters. The highest BCUT2D eigenvalue weighted by atomic mass is 35.5. The zero-order valence-corrected chi connectivity index (χ0v) is 19.7. The molecule has 4 aromatic rings. The quantitative estimate of drug-likeness (QED) is 0.413. The van der Waals surface area contributed by atoms with Crippen LogP contribution in [0, 0.1) is 0 Å². The molecule has 9 heteroatoms. The molecule has 2 amide bonds. The third-order valence-electron chi connectivity index (χ3n) is 5.21. The maximum absolute atomic E-state index is 13.5. The minimum absolute atomic E-state index is 0.0570. The zero-order valence-electron chi connectivity index (χ0n) is 18.2. The van der Waals surface area contributed by atoms with Crippen molar-refractivity contribution in [1.29, 1.82) is 0 Å². The third-order valence-corrected chi connectivity index (χ3v) is 5.91. The van der Waals surface area contributed by atoms with Gasteiger partial charge in [-0.05, 0) is 35.9 Å². The van der Waals surface area contributed by atoms with Gasteiger partial charge >= 0.3 is 0 Å². The Bertz CT molecular complexity index is 1450. The van der Waals surface area contributed by atoms with E-state index in [2.05, 4.69) is 10.3 Å². The number of carbonyl (C=O) groups is 2. The van der Waals surface area contributed by atoms with E-state index in [-0.39, 0.29) is 24.8 Å². The van der Waals surface area contributed by atoms with E-state index in [1.54, 1.807) is 72.8 Å². The lowest BCUT2D eigenvalue weighted by atomic mass is 10.2. The molecule has 0 bridgehead atoms. The molecule has 0 aliphatic heterocycles. The minimum atomic E-state index is -0.574. The van der Waals surface area contributed by atoms with E-state index in [0.717, 1.165) is 0 Å². The van der Waals surface area contributed by atoms with Crippen LogP contribution < -0.4 is 15.8 Å². The summed E-state index contributed by atoms with van der Waals surface area (Å²) in [4.78, 5) is 44.6. The summed E-state index contributed by atoms with van der Waals surface area (Å²) in [7, 11) is 0. The first-order valence-electron chi connectivity index (χ1n) is 10.4. The Kier molecular flexibility index (Phi) is 6.95. The van der Waals surface area contributed by atoms with Gasteiger partial charge in [-0.3, -0.25) is 23.9 Å². The van der Waals surface area contributed by atoms with Crippen molar-refractivity contribution in [2.75, 3.05) is 10.2 Å². The summed E-state index contributed by atoms with van der Waals surface area (Å²) >= 11 is 12.4. The lowest BCUT2D eigenvalue weighted by Crippen LogP contribution is -2.38. The molecule has 7 nitrogen and oxygen atoms in total. The average molecular weight is 495 g/mol. The summed E-state index contributed by atoms with van der Waals surface area (Å²) in [6, 6.07) is 20.8. The van der Waals surface area contributed by atoms with Crippen LogP contribution >= 0.6 is 23.2 Å². The smallest absolute Gasteiger partial charge is 0.294 e. The van der Waals surface area contributed by atoms with Gasteiger partial charge in [-0.25, -0.2) is 4.98 Å². The standard InChI is InChI=1S/C25H20Cl2N4O3/c1-16(32)30(14-17-8-2-3-9-18(17)26)24-25(34)31(22-13-7-6-12-21(22)29-24)15-23(33)28-20-11-5-4-10-19(20)27/h2-13H,14-15H2,1H3,(H,28,33). The summed E-state index contributed by atoms with van der Waals surface area (Å²) in [5.74, 6) is -0.915. The van der Waals surface area contributed by atoms with Crippen molar-refractivity contribution in [3.8, 4) is 0 Å². The number of hydrogen-bond donors (Lipinski definition) is 1. The summed E-state index contributed by atoms with van der Waals surface area (Å²) in [6.07, 6.45) is 0. The number of aromatic nitrogens is 2. The average Bonchev–Trinajstić information content (AvgIpc) is 2.82. The summed E-state index contributed by atoms with van der Waals surface area (Å²) in [6.45, 7) is 1.11. The Morgan fingerprint density at radius 3 is 2.29 bits per heavy atom. The van der Waals surface area contributed by atoms with Crippen LogP contribution in [0.15, 0.2) is 77.6 Å². The van der Waals surface area contributed by atoms with Crippen molar-refractivity contribution in [1.82, 2.24) is 9.55 Å². The van der Waals surface area contributed by atoms with Gasteiger partial charge in [0.15, 0.2) is 0 Å². The molecule has 1 aromatic heterocycles. The molecular formula is C25H20Cl2N4O3. The van der Waals surface area contributed by atoms with Crippen LogP contribution in [0.5, 0.6) is 0 Å². The number of benzene rings is 3. The van der Waals surface area contributed by atoms with Crippen molar-refractivity contribution in [2.24, 2.45) is 0 Å². The normalized spacial score (nSPS) is 10.8. The number of hydrogen-bond acceptors (Lipinski definition) is 4. The Labute approximate surface area is 205 Å². The number of fused-ring (bicyclic) bond motifs is 1. The molecule has 0 fully saturated rings. The fourth-order valence-corrected chi connectivity index (χ4v) is 3.92. The first-order valence-corrected chi connectivity index (χ1v) is 11.2. The number of nitrogens with one attached hydrogen (secondary N) is 1. The SMILES string of the molecule is CC(=O)N(Cc1ccccc1Cl)c1nc2ccccc2n(CC(=O)Nc2ccccc2Cl)c1=O. The molecule has 1 heterocycles. The number of rotatable bonds is 6. The van der Waals surface area contributed by atoms with Crippen LogP contribution in [0.1, 0.15) is 12.5 Å². The van der Waals surface area contributed by atoms with Crippen LogP contribution in [0.2, 0.25) is 10.0 Å². The van der Waals surface area contributed by atoms with Crippen LogP contribution in [0.4, 0.5) is 11.5 Å². The van der Waals surface area contributed by atoms with E-state index in [9.17, 15) is 14.4 Å². The molecule has 0 atom stereocenters. The van der Waals surface area contributed by atoms with Gasteiger partial charge in [0.25, 0.3) is 5.56 Å². The molecule has 4 rings (SSSR count). The molecule has 0 spiro atoms. The first kappa shape index (κ1) is 23.5. The summed E-state index contributed by atoms with van der Waals surface area (Å²) in [5.41, 5.74) is 1.46. The van der Waals surface area contributed by atoms with Crippen molar-refractivity contribution >= 4 is 57.6 Å². The van der Waals surface area contributed by atoms with E-state index in [1.165, 1.54) is 16.4 Å². The lowest BCUT2D eigenvalue weighted by molar-refractivity contribution is -0.117. The molecule has 0 saturated heterocycles. The van der Waals surface area contributed by atoms with Gasteiger partial charge in [0.05, 0.1) is 28.3 Å². The molecule has 1 N–H and O–H groups in total. The topological polar surface area (TPSA) is 84.3 Å². The van der Waals surface area contributed by atoms with Gasteiger partial charge in [-0.15, -0.1) is 0 Å². The van der Waals surface area contributed by atoms with Crippen LogP contribution in [-0.4, -0.2) is 21.4 Å². The van der Waals surface area contributed by atoms with E-state index < -0.39 is 11.5 Å². The number of carbonyl (C=O) groups excluding carboxylic acids is 2. The molecule has 3 aromatic carbocycles.